The second kappa shape index (κ2) is 3.04. The molecule has 0 radical (unpaired) electrons. The molecule has 2 rings (SSSR count). The number of benzene rings is 1. The van der Waals surface area contributed by atoms with Crippen LogP contribution in [0.1, 0.15) is 5.69 Å². The van der Waals surface area contributed by atoms with Crippen molar-refractivity contribution in [2.75, 3.05) is 0 Å². The van der Waals surface area contributed by atoms with Gasteiger partial charge in [0.1, 0.15) is 16.9 Å². The van der Waals surface area contributed by atoms with Crippen molar-refractivity contribution >= 4 is 22.4 Å². The molecular weight excluding hydrogens is 184 g/mol. The fourth-order valence-electron chi connectivity index (χ4n) is 1.25. The molecule has 0 aliphatic carbocycles. The molecule has 1 aromatic carbocycles. The average molecular weight is 189 g/mol. The number of halogens is 1. The predicted molar refractivity (Wildman–Crippen MR) is 51.5 cm³/mol. The van der Waals surface area contributed by atoms with Crippen molar-refractivity contribution in [2.45, 2.75) is 0 Å². The number of rotatable bonds is 0. The number of pyridine rings is 1. The SMILES string of the molecule is N#Cc1nc(Cl)cc2ccccc12. The van der Waals surface area contributed by atoms with Gasteiger partial charge in [0.05, 0.1) is 0 Å². The molecule has 1 heterocycles. The quantitative estimate of drug-likeness (QED) is 0.596. The number of fused-ring (bicyclic) bond motifs is 1. The van der Waals surface area contributed by atoms with E-state index >= 15 is 0 Å². The van der Waals surface area contributed by atoms with Crippen LogP contribution >= 0.6 is 11.6 Å². The molecule has 0 N–H and O–H groups in total. The van der Waals surface area contributed by atoms with Crippen molar-refractivity contribution in [2.24, 2.45) is 0 Å². The van der Waals surface area contributed by atoms with Gasteiger partial charge >= 0.3 is 0 Å². The van der Waals surface area contributed by atoms with Gasteiger partial charge in [0.2, 0.25) is 0 Å². The molecule has 0 aliphatic rings. The van der Waals surface area contributed by atoms with Crippen LogP contribution in [0, 0.1) is 11.3 Å². The van der Waals surface area contributed by atoms with Crippen LogP contribution in [0.2, 0.25) is 5.15 Å². The summed E-state index contributed by atoms with van der Waals surface area (Å²) in [5.74, 6) is 0. The summed E-state index contributed by atoms with van der Waals surface area (Å²) in [4.78, 5) is 3.92. The highest BCUT2D eigenvalue weighted by molar-refractivity contribution is 6.30. The van der Waals surface area contributed by atoms with Gasteiger partial charge < -0.3 is 0 Å². The topological polar surface area (TPSA) is 36.7 Å². The van der Waals surface area contributed by atoms with Crippen LogP contribution < -0.4 is 0 Å². The first kappa shape index (κ1) is 8.03. The zero-order valence-electron chi connectivity index (χ0n) is 6.66. The third kappa shape index (κ3) is 1.34. The van der Waals surface area contributed by atoms with Gasteiger partial charge in [-0.1, -0.05) is 35.9 Å². The average Bonchev–Trinajstić information content (AvgIpc) is 2.16. The van der Waals surface area contributed by atoms with Gasteiger partial charge in [-0.2, -0.15) is 5.26 Å². The van der Waals surface area contributed by atoms with Crippen LogP contribution in [0.5, 0.6) is 0 Å². The Morgan fingerprint density at radius 3 is 2.85 bits per heavy atom. The minimum Gasteiger partial charge on any atom is -0.225 e. The van der Waals surface area contributed by atoms with E-state index in [2.05, 4.69) is 4.98 Å². The normalized spacial score (nSPS) is 9.85. The molecule has 0 unspecified atom stereocenters. The smallest absolute Gasteiger partial charge is 0.150 e. The maximum Gasteiger partial charge on any atom is 0.150 e. The number of nitrogens with zero attached hydrogens (tertiary/aromatic N) is 2. The van der Waals surface area contributed by atoms with Gasteiger partial charge in [-0.05, 0) is 11.5 Å². The van der Waals surface area contributed by atoms with Gasteiger partial charge in [0.15, 0.2) is 0 Å². The summed E-state index contributed by atoms with van der Waals surface area (Å²) in [5, 5.41) is 10.9. The molecule has 0 fully saturated rings. The molecule has 0 aliphatic heterocycles. The molecule has 1 aromatic heterocycles. The molecule has 13 heavy (non-hydrogen) atoms. The summed E-state index contributed by atoms with van der Waals surface area (Å²) in [6.07, 6.45) is 0. The molecule has 62 valence electrons. The third-order valence-electron chi connectivity index (χ3n) is 1.82. The van der Waals surface area contributed by atoms with Crippen LogP contribution in [-0.2, 0) is 0 Å². The van der Waals surface area contributed by atoms with E-state index in [1.165, 1.54) is 0 Å². The van der Waals surface area contributed by atoms with Crippen molar-refractivity contribution in [1.29, 1.82) is 5.26 Å². The van der Waals surface area contributed by atoms with Crippen molar-refractivity contribution in [1.82, 2.24) is 4.98 Å². The molecule has 0 atom stereocenters. The number of aromatic nitrogens is 1. The van der Waals surface area contributed by atoms with Gasteiger partial charge in [-0.15, -0.1) is 0 Å². The van der Waals surface area contributed by atoms with Crippen LogP contribution in [0.25, 0.3) is 10.8 Å². The Balaban J connectivity index is 2.91. The third-order valence-corrected chi connectivity index (χ3v) is 2.01. The first-order valence-electron chi connectivity index (χ1n) is 3.76. The number of hydrogen-bond donors (Lipinski definition) is 0. The summed E-state index contributed by atoms with van der Waals surface area (Å²) in [6.45, 7) is 0. The van der Waals surface area contributed by atoms with Crippen LogP contribution in [-0.4, -0.2) is 4.98 Å². The van der Waals surface area contributed by atoms with Crippen molar-refractivity contribution < 1.29 is 0 Å². The van der Waals surface area contributed by atoms with E-state index in [9.17, 15) is 0 Å². The summed E-state index contributed by atoms with van der Waals surface area (Å²) in [6, 6.07) is 11.3. The van der Waals surface area contributed by atoms with Gasteiger partial charge in [-0.3, -0.25) is 0 Å². The van der Waals surface area contributed by atoms with Crippen molar-refractivity contribution in [3.63, 3.8) is 0 Å². The lowest BCUT2D eigenvalue weighted by Crippen LogP contribution is -1.85. The second-order valence-electron chi connectivity index (χ2n) is 2.63. The van der Waals surface area contributed by atoms with E-state index in [0.717, 1.165) is 10.8 Å². The Hall–Kier alpha value is -1.59. The summed E-state index contributed by atoms with van der Waals surface area (Å²) >= 11 is 5.74. The van der Waals surface area contributed by atoms with E-state index in [4.69, 9.17) is 16.9 Å². The largest absolute Gasteiger partial charge is 0.225 e. The lowest BCUT2D eigenvalue weighted by Gasteiger charge is -1.98. The lowest BCUT2D eigenvalue weighted by molar-refractivity contribution is 1.30. The number of hydrogen-bond acceptors (Lipinski definition) is 2. The van der Waals surface area contributed by atoms with Gasteiger partial charge in [0, 0.05) is 5.39 Å². The first-order valence-corrected chi connectivity index (χ1v) is 4.14. The summed E-state index contributed by atoms with van der Waals surface area (Å²) < 4.78 is 0. The van der Waals surface area contributed by atoms with E-state index in [-0.39, 0.29) is 0 Å². The van der Waals surface area contributed by atoms with Gasteiger partial charge in [-0.25, -0.2) is 4.98 Å². The standard InChI is InChI=1S/C10H5ClN2/c11-10-5-7-3-1-2-4-8(7)9(6-12)13-10/h1-5H. The maximum absolute atomic E-state index is 8.79. The molecule has 2 aromatic rings. The molecule has 0 amide bonds. The highest BCUT2D eigenvalue weighted by Gasteiger charge is 2.02. The van der Waals surface area contributed by atoms with Gasteiger partial charge in [0.25, 0.3) is 0 Å². The molecule has 0 bridgehead atoms. The van der Waals surface area contributed by atoms with Crippen molar-refractivity contribution in [3.8, 4) is 6.07 Å². The highest BCUT2D eigenvalue weighted by Crippen LogP contribution is 2.19. The zero-order valence-corrected chi connectivity index (χ0v) is 7.42. The van der Waals surface area contributed by atoms with Crippen LogP contribution in [0.3, 0.4) is 0 Å². The molecule has 0 spiro atoms. The fraction of sp³-hybridized carbons (Fsp3) is 0. The van der Waals surface area contributed by atoms with E-state index in [1.807, 2.05) is 30.3 Å². The van der Waals surface area contributed by atoms with Crippen LogP contribution in [0.4, 0.5) is 0 Å². The predicted octanol–water partition coefficient (Wildman–Crippen LogP) is 2.76. The van der Waals surface area contributed by atoms with E-state index in [1.54, 1.807) is 6.07 Å². The molecule has 3 heteroatoms. The Morgan fingerprint density at radius 1 is 1.31 bits per heavy atom. The monoisotopic (exact) mass is 188 g/mol. The Labute approximate surface area is 80.4 Å². The molecular formula is C10H5ClN2. The van der Waals surface area contributed by atoms with E-state index < -0.39 is 0 Å². The zero-order chi connectivity index (χ0) is 9.26. The summed E-state index contributed by atoms with van der Waals surface area (Å²) in [7, 11) is 0. The fourth-order valence-corrected chi connectivity index (χ4v) is 1.45. The maximum atomic E-state index is 8.79. The number of nitriles is 1. The summed E-state index contributed by atoms with van der Waals surface area (Å²) in [5.41, 5.74) is 0.378. The minimum absolute atomic E-state index is 0.357. The van der Waals surface area contributed by atoms with Crippen molar-refractivity contribution in [3.05, 3.63) is 41.2 Å². The first-order chi connectivity index (χ1) is 6.31. The molecule has 2 nitrogen and oxygen atoms in total. The Bertz CT molecular complexity index is 500. The minimum atomic E-state index is 0.357. The highest BCUT2D eigenvalue weighted by atomic mass is 35.5. The molecule has 0 saturated carbocycles. The Kier molecular flexibility index (Phi) is 1.88. The van der Waals surface area contributed by atoms with E-state index in [0.29, 0.717) is 10.8 Å². The Morgan fingerprint density at radius 2 is 2.08 bits per heavy atom. The molecule has 0 saturated heterocycles. The van der Waals surface area contributed by atoms with Crippen LogP contribution in [0.15, 0.2) is 30.3 Å². The second-order valence-corrected chi connectivity index (χ2v) is 3.01. The lowest BCUT2D eigenvalue weighted by atomic mass is 10.1.